The Bertz CT molecular complexity index is 1110. The van der Waals surface area contributed by atoms with Crippen LogP contribution in [0.3, 0.4) is 0 Å². The zero-order valence-electron chi connectivity index (χ0n) is 16.6. The van der Waals surface area contributed by atoms with Crippen molar-refractivity contribution in [3.63, 3.8) is 0 Å². The van der Waals surface area contributed by atoms with Crippen molar-refractivity contribution in [2.24, 2.45) is 0 Å². The molecule has 1 atom stereocenters. The van der Waals surface area contributed by atoms with Gasteiger partial charge in [0.1, 0.15) is 12.3 Å². The molecule has 2 amide bonds. The first-order valence-corrected chi connectivity index (χ1v) is 10.8. The summed E-state index contributed by atoms with van der Waals surface area (Å²) >= 11 is 1.58. The van der Waals surface area contributed by atoms with Crippen LogP contribution in [0.15, 0.2) is 70.2 Å². The number of nitrogens with zero attached hydrogens (tertiary/aromatic N) is 1. The zero-order chi connectivity index (χ0) is 21.2. The summed E-state index contributed by atoms with van der Waals surface area (Å²) < 4.78 is 16.2. The van der Waals surface area contributed by atoms with Gasteiger partial charge >= 0.3 is 0 Å². The minimum absolute atomic E-state index is 0.0498. The Morgan fingerprint density at radius 2 is 1.97 bits per heavy atom. The minimum Gasteiger partial charge on any atom is -0.468 e. The standard InChI is InChI=1S/C23H20N2O5S/c26-22(24-12-15-7-8-17-19(10-15)30-14-29-17)13-25-16-4-1-2-6-20(16)31-21(11-23(25)27)18-5-3-9-28-18/h1-10,21H,11-14H2,(H,24,26)/t21-/m1/s1. The molecular weight excluding hydrogens is 416 g/mol. The van der Waals surface area contributed by atoms with Crippen LogP contribution in [0, 0.1) is 0 Å². The second-order valence-electron chi connectivity index (χ2n) is 7.24. The third kappa shape index (κ3) is 4.11. The highest BCUT2D eigenvalue weighted by Gasteiger charge is 2.31. The monoisotopic (exact) mass is 436 g/mol. The Balaban J connectivity index is 1.30. The topological polar surface area (TPSA) is 81.0 Å². The van der Waals surface area contributed by atoms with Crippen molar-refractivity contribution in [2.45, 2.75) is 23.1 Å². The van der Waals surface area contributed by atoms with Gasteiger partial charge in [0.05, 0.1) is 17.2 Å². The molecule has 0 aliphatic carbocycles. The van der Waals surface area contributed by atoms with Crippen LogP contribution in [0.25, 0.3) is 0 Å². The van der Waals surface area contributed by atoms with Gasteiger partial charge in [-0.2, -0.15) is 0 Å². The Morgan fingerprint density at radius 3 is 2.84 bits per heavy atom. The van der Waals surface area contributed by atoms with Crippen LogP contribution in [0.2, 0.25) is 0 Å². The fraction of sp³-hybridized carbons (Fsp3) is 0.217. The third-order valence-corrected chi connectivity index (χ3v) is 6.46. The molecule has 0 unspecified atom stereocenters. The number of furan rings is 1. The number of hydrogen-bond donors (Lipinski definition) is 1. The van der Waals surface area contributed by atoms with Crippen LogP contribution in [-0.4, -0.2) is 25.2 Å². The molecule has 2 aromatic carbocycles. The lowest BCUT2D eigenvalue weighted by Gasteiger charge is -2.22. The molecular formula is C23H20N2O5S. The van der Waals surface area contributed by atoms with Gasteiger partial charge in [-0.25, -0.2) is 0 Å². The van der Waals surface area contributed by atoms with E-state index in [2.05, 4.69) is 5.32 Å². The molecule has 0 fully saturated rings. The zero-order valence-corrected chi connectivity index (χ0v) is 17.4. The molecule has 1 aromatic heterocycles. The van der Waals surface area contributed by atoms with Crippen LogP contribution in [-0.2, 0) is 16.1 Å². The Morgan fingerprint density at radius 1 is 1.10 bits per heavy atom. The highest BCUT2D eigenvalue weighted by Crippen LogP contribution is 2.45. The van der Waals surface area contributed by atoms with Crippen molar-refractivity contribution in [3.05, 3.63) is 72.2 Å². The highest BCUT2D eigenvalue weighted by atomic mass is 32.2. The van der Waals surface area contributed by atoms with Gasteiger partial charge in [-0.15, -0.1) is 11.8 Å². The first kappa shape index (κ1) is 19.6. The van der Waals surface area contributed by atoms with E-state index in [4.69, 9.17) is 13.9 Å². The number of hydrogen-bond acceptors (Lipinski definition) is 6. The molecule has 0 saturated heterocycles. The maximum absolute atomic E-state index is 13.1. The summed E-state index contributed by atoms with van der Waals surface area (Å²) in [5.41, 5.74) is 1.64. The summed E-state index contributed by atoms with van der Waals surface area (Å²) in [6, 6.07) is 16.9. The highest BCUT2D eigenvalue weighted by molar-refractivity contribution is 7.99. The van der Waals surface area contributed by atoms with Crippen LogP contribution in [0.1, 0.15) is 23.0 Å². The molecule has 5 rings (SSSR count). The van der Waals surface area contributed by atoms with Gasteiger partial charge in [0.25, 0.3) is 0 Å². The number of carbonyl (C=O) groups is 2. The number of benzene rings is 2. The molecule has 8 heteroatoms. The lowest BCUT2D eigenvalue weighted by atomic mass is 10.2. The summed E-state index contributed by atoms with van der Waals surface area (Å²) in [4.78, 5) is 28.3. The van der Waals surface area contributed by atoms with Crippen LogP contribution in [0.4, 0.5) is 5.69 Å². The summed E-state index contributed by atoms with van der Waals surface area (Å²) in [6.07, 6.45) is 1.86. The Kier molecular flexibility index (Phi) is 5.30. The van der Waals surface area contributed by atoms with Gasteiger partial charge in [0.15, 0.2) is 11.5 Å². The number of carbonyl (C=O) groups excluding carboxylic acids is 2. The first-order chi connectivity index (χ1) is 15.2. The molecule has 7 nitrogen and oxygen atoms in total. The van der Waals surface area contributed by atoms with Crippen molar-refractivity contribution >= 4 is 29.3 Å². The SMILES string of the molecule is O=C(CN1C(=O)C[C@H](c2ccco2)Sc2ccccc21)NCc1ccc2c(c1)OCO2. The van der Waals surface area contributed by atoms with E-state index in [0.717, 1.165) is 21.9 Å². The van der Waals surface area contributed by atoms with Gasteiger partial charge < -0.3 is 24.1 Å². The van der Waals surface area contributed by atoms with E-state index >= 15 is 0 Å². The average molecular weight is 436 g/mol. The van der Waals surface area contributed by atoms with Gasteiger partial charge in [-0.3, -0.25) is 9.59 Å². The van der Waals surface area contributed by atoms with Crippen molar-refractivity contribution < 1.29 is 23.5 Å². The van der Waals surface area contributed by atoms with E-state index in [1.807, 2.05) is 54.6 Å². The fourth-order valence-corrected chi connectivity index (χ4v) is 4.87. The van der Waals surface area contributed by atoms with Crippen molar-refractivity contribution in [1.29, 1.82) is 0 Å². The first-order valence-electron chi connectivity index (χ1n) is 9.92. The van der Waals surface area contributed by atoms with E-state index in [-0.39, 0.29) is 36.8 Å². The molecule has 0 saturated carbocycles. The molecule has 2 aliphatic rings. The number of thioether (sulfide) groups is 1. The van der Waals surface area contributed by atoms with Gasteiger partial charge in [0.2, 0.25) is 18.6 Å². The van der Waals surface area contributed by atoms with Gasteiger partial charge in [-0.1, -0.05) is 18.2 Å². The predicted octanol–water partition coefficient (Wildman–Crippen LogP) is 3.89. The second kappa shape index (κ2) is 8.39. The molecule has 0 spiro atoms. The number of para-hydroxylation sites is 1. The van der Waals surface area contributed by atoms with Crippen molar-refractivity contribution in [3.8, 4) is 11.5 Å². The predicted molar refractivity (Wildman–Crippen MR) is 115 cm³/mol. The second-order valence-corrected chi connectivity index (χ2v) is 8.48. The van der Waals surface area contributed by atoms with Crippen LogP contribution < -0.4 is 19.7 Å². The molecule has 158 valence electrons. The largest absolute Gasteiger partial charge is 0.468 e. The Labute approximate surface area is 183 Å². The lowest BCUT2D eigenvalue weighted by Crippen LogP contribution is -2.40. The number of nitrogens with one attached hydrogen (secondary N) is 1. The third-order valence-electron chi connectivity index (χ3n) is 5.18. The molecule has 2 aliphatic heterocycles. The van der Waals surface area contributed by atoms with E-state index in [9.17, 15) is 9.59 Å². The molecule has 3 aromatic rings. The molecule has 0 bridgehead atoms. The number of ether oxygens (including phenoxy) is 2. The van der Waals surface area contributed by atoms with E-state index in [1.54, 1.807) is 22.9 Å². The summed E-state index contributed by atoms with van der Waals surface area (Å²) in [5.74, 6) is 1.77. The maximum atomic E-state index is 13.1. The Hall–Kier alpha value is -3.39. The molecule has 1 N–H and O–H groups in total. The molecule has 0 radical (unpaired) electrons. The maximum Gasteiger partial charge on any atom is 0.240 e. The quantitative estimate of drug-likeness (QED) is 0.654. The smallest absolute Gasteiger partial charge is 0.240 e. The van der Waals surface area contributed by atoms with Gasteiger partial charge in [0, 0.05) is 17.9 Å². The average Bonchev–Trinajstić information content (AvgIpc) is 3.45. The van der Waals surface area contributed by atoms with Gasteiger partial charge in [-0.05, 0) is 42.0 Å². The van der Waals surface area contributed by atoms with E-state index in [0.29, 0.717) is 18.0 Å². The minimum atomic E-state index is -0.234. The molecule has 3 heterocycles. The summed E-state index contributed by atoms with van der Waals surface area (Å²) in [7, 11) is 0. The van der Waals surface area contributed by atoms with Crippen molar-refractivity contribution in [1.82, 2.24) is 5.32 Å². The van der Waals surface area contributed by atoms with Crippen LogP contribution in [0.5, 0.6) is 11.5 Å². The number of rotatable bonds is 5. The number of amides is 2. The van der Waals surface area contributed by atoms with Crippen LogP contribution >= 0.6 is 11.8 Å². The lowest BCUT2D eigenvalue weighted by molar-refractivity contribution is -0.124. The normalized spacial score (nSPS) is 17.2. The van der Waals surface area contributed by atoms with E-state index in [1.165, 1.54) is 0 Å². The summed E-state index contributed by atoms with van der Waals surface area (Å²) in [5, 5.41) is 2.76. The number of anilines is 1. The van der Waals surface area contributed by atoms with E-state index < -0.39 is 0 Å². The van der Waals surface area contributed by atoms with Crippen molar-refractivity contribution in [2.75, 3.05) is 18.2 Å². The summed E-state index contributed by atoms with van der Waals surface area (Å²) in [6.45, 7) is 0.493. The number of fused-ring (bicyclic) bond motifs is 2. The fourth-order valence-electron chi connectivity index (χ4n) is 3.64. The molecule has 31 heavy (non-hydrogen) atoms.